The van der Waals surface area contributed by atoms with Crippen LogP contribution < -0.4 is 11.0 Å². The van der Waals surface area contributed by atoms with Gasteiger partial charge in [0.15, 0.2) is 0 Å². The van der Waals surface area contributed by atoms with Gasteiger partial charge in [0.1, 0.15) is 0 Å². The van der Waals surface area contributed by atoms with E-state index in [0.717, 1.165) is 25.8 Å². The Bertz CT molecular complexity index is 384. The summed E-state index contributed by atoms with van der Waals surface area (Å²) in [6.45, 7) is 5.50. The minimum atomic E-state index is 0.690. The van der Waals surface area contributed by atoms with Crippen LogP contribution in [0.5, 0.6) is 0 Å². The molecule has 0 fully saturated rings. The standard InChI is InChI=1S/C15H23N3/c1-13(2)11-15-12-18(17-16-15)10-6-9-14-7-4-3-5-8-14/h3-5,7-8,12-13,16-17H,6,9-11H2,1-2H3. The van der Waals surface area contributed by atoms with Crippen LogP contribution in [0.15, 0.2) is 42.2 Å². The van der Waals surface area contributed by atoms with E-state index in [1.807, 2.05) is 0 Å². The van der Waals surface area contributed by atoms with Crippen molar-refractivity contribution in [3.63, 3.8) is 0 Å². The fraction of sp³-hybridized carbons (Fsp3) is 0.467. The van der Waals surface area contributed by atoms with Crippen LogP contribution in [0.25, 0.3) is 0 Å². The van der Waals surface area contributed by atoms with Gasteiger partial charge in [-0.2, -0.15) is 0 Å². The lowest BCUT2D eigenvalue weighted by Crippen LogP contribution is -2.37. The summed E-state index contributed by atoms with van der Waals surface area (Å²) in [5.74, 6) is 0.690. The molecule has 0 atom stereocenters. The predicted molar refractivity (Wildman–Crippen MR) is 75.3 cm³/mol. The Hall–Kier alpha value is -1.48. The van der Waals surface area contributed by atoms with Crippen molar-refractivity contribution in [2.45, 2.75) is 33.1 Å². The normalized spacial score (nSPS) is 14.8. The lowest BCUT2D eigenvalue weighted by atomic mass is 10.1. The molecule has 1 aromatic rings. The van der Waals surface area contributed by atoms with E-state index in [1.165, 1.54) is 11.3 Å². The maximum Gasteiger partial charge on any atom is 0.0456 e. The third-order valence-corrected chi connectivity index (χ3v) is 3.01. The number of hydrogen-bond acceptors (Lipinski definition) is 3. The van der Waals surface area contributed by atoms with Crippen molar-refractivity contribution in [3.8, 4) is 0 Å². The van der Waals surface area contributed by atoms with E-state index in [4.69, 9.17) is 0 Å². The second-order valence-corrected chi connectivity index (χ2v) is 5.27. The molecular formula is C15H23N3. The van der Waals surface area contributed by atoms with E-state index in [2.05, 4.69) is 66.3 Å². The molecule has 0 saturated heterocycles. The number of benzene rings is 1. The zero-order valence-corrected chi connectivity index (χ0v) is 11.3. The molecule has 2 rings (SSSR count). The molecule has 0 unspecified atom stereocenters. The van der Waals surface area contributed by atoms with Gasteiger partial charge in [-0.05, 0) is 30.7 Å². The molecule has 0 aliphatic carbocycles. The molecule has 0 amide bonds. The average molecular weight is 245 g/mol. The molecule has 0 aromatic heterocycles. The molecule has 98 valence electrons. The number of nitrogens with zero attached hydrogens (tertiary/aromatic N) is 1. The number of aryl methyl sites for hydroxylation is 1. The summed E-state index contributed by atoms with van der Waals surface area (Å²) in [5, 5.41) is 2.14. The molecule has 3 nitrogen and oxygen atoms in total. The third kappa shape index (κ3) is 4.08. The fourth-order valence-corrected chi connectivity index (χ4v) is 2.16. The van der Waals surface area contributed by atoms with Crippen LogP contribution in [0.1, 0.15) is 32.3 Å². The highest BCUT2D eigenvalue weighted by atomic mass is 15.7. The van der Waals surface area contributed by atoms with E-state index in [-0.39, 0.29) is 0 Å². The van der Waals surface area contributed by atoms with E-state index in [0.29, 0.717) is 5.92 Å². The van der Waals surface area contributed by atoms with Crippen LogP contribution >= 0.6 is 0 Å². The van der Waals surface area contributed by atoms with E-state index in [9.17, 15) is 0 Å². The monoisotopic (exact) mass is 245 g/mol. The molecule has 1 aliphatic rings. The first-order valence-corrected chi connectivity index (χ1v) is 6.77. The van der Waals surface area contributed by atoms with Crippen molar-refractivity contribution >= 4 is 0 Å². The largest absolute Gasteiger partial charge is 0.306 e. The average Bonchev–Trinajstić information content (AvgIpc) is 2.77. The van der Waals surface area contributed by atoms with Crippen molar-refractivity contribution in [1.82, 2.24) is 16.0 Å². The van der Waals surface area contributed by atoms with Crippen molar-refractivity contribution in [1.29, 1.82) is 0 Å². The van der Waals surface area contributed by atoms with Gasteiger partial charge in [-0.3, -0.25) is 5.01 Å². The highest BCUT2D eigenvalue weighted by Gasteiger charge is 2.11. The van der Waals surface area contributed by atoms with Crippen LogP contribution in [0.4, 0.5) is 0 Å². The van der Waals surface area contributed by atoms with Crippen LogP contribution in [0, 0.1) is 5.92 Å². The second-order valence-electron chi connectivity index (χ2n) is 5.27. The van der Waals surface area contributed by atoms with Gasteiger partial charge in [0.25, 0.3) is 0 Å². The first-order valence-electron chi connectivity index (χ1n) is 6.77. The smallest absolute Gasteiger partial charge is 0.0456 e. The lowest BCUT2D eigenvalue weighted by molar-refractivity contribution is 0.267. The molecule has 1 aromatic carbocycles. The van der Waals surface area contributed by atoms with Crippen molar-refractivity contribution in [3.05, 3.63) is 47.8 Å². The van der Waals surface area contributed by atoms with Gasteiger partial charge < -0.3 is 5.43 Å². The van der Waals surface area contributed by atoms with E-state index in [1.54, 1.807) is 0 Å². The summed E-state index contributed by atoms with van der Waals surface area (Å²) in [7, 11) is 0. The molecule has 2 N–H and O–H groups in total. The molecule has 0 radical (unpaired) electrons. The zero-order chi connectivity index (χ0) is 12.8. The summed E-state index contributed by atoms with van der Waals surface area (Å²) < 4.78 is 0. The topological polar surface area (TPSA) is 27.3 Å². The quantitative estimate of drug-likeness (QED) is 0.807. The molecule has 0 bridgehead atoms. The van der Waals surface area contributed by atoms with Gasteiger partial charge in [-0.1, -0.05) is 44.2 Å². The van der Waals surface area contributed by atoms with Crippen LogP contribution in [-0.4, -0.2) is 11.6 Å². The molecule has 18 heavy (non-hydrogen) atoms. The molecule has 1 heterocycles. The Kier molecular flexibility index (Phi) is 4.65. The maximum absolute atomic E-state index is 3.22. The number of rotatable bonds is 6. The van der Waals surface area contributed by atoms with Gasteiger partial charge >= 0.3 is 0 Å². The highest BCUT2D eigenvalue weighted by Crippen LogP contribution is 2.12. The Morgan fingerprint density at radius 3 is 2.67 bits per heavy atom. The first kappa shape index (κ1) is 13.0. The first-order chi connectivity index (χ1) is 8.74. The van der Waals surface area contributed by atoms with Crippen LogP contribution in [0.2, 0.25) is 0 Å². The Morgan fingerprint density at radius 2 is 1.94 bits per heavy atom. The number of nitrogens with one attached hydrogen (secondary N) is 2. The summed E-state index contributed by atoms with van der Waals surface area (Å²) in [6, 6.07) is 10.7. The van der Waals surface area contributed by atoms with E-state index < -0.39 is 0 Å². The maximum atomic E-state index is 3.22. The van der Waals surface area contributed by atoms with Crippen molar-refractivity contribution < 1.29 is 0 Å². The van der Waals surface area contributed by atoms with Gasteiger partial charge in [0, 0.05) is 18.4 Å². The third-order valence-electron chi connectivity index (χ3n) is 3.01. The minimum absolute atomic E-state index is 0.690. The zero-order valence-electron chi connectivity index (χ0n) is 11.3. The van der Waals surface area contributed by atoms with Crippen molar-refractivity contribution in [2.75, 3.05) is 6.54 Å². The van der Waals surface area contributed by atoms with Gasteiger partial charge in [-0.15, -0.1) is 5.53 Å². The molecule has 0 spiro atoms. The molecule has 3 heteroatoms. The lowest BCUT2D eigenvalue weighted by Gasteiger charge is -2.14. The predicted octanol–water partition coefficient (Wildman–Crippen LogP) is 2.83. The Balaban J connectivity index is 1.70. The Labute approximate surface area is 110 Å². The summed E-state index contributed by atoms with van der Waals surface area (Å²) in [4.78, 5) is 0. The minimum Gasteiger partial charge on any atom is -0.306 e. The molecule has 0 saturated carbocycles. The van der Waals surface area contributed by atoms with Gasteiger partial charge in [0.05, 0.1) is 0 Å². The number of hydrogen-bond donors (Lipinski definition) is 2. The summed E-state index contributed by atoms with van der Waals surface area (Å²) >= 11 is 0. The molecular weight excluding hydrogens is 222 g/mol. The number of allylic oxidation sites excluding steroid dienone is 1. The molecule has 1 aliphatic heterocycles. The second kappa shape index (κ2) is 6.45. The van der Waals surface area contributed by atoms with Crippen molar-refractivity contribution in [2.24, 2.45) is 5.92 Å². The summed E-state index contributed by atoms with van der Waals surface area (Å²) in [6.07, 6.45) is 5.57. The SMILES string of the molecule is CC(C)CC1=CN(CCCc2ccccc2)NN1. The highest BCUT2D eigenvalue weighted by molar-refractivity contribution is 5.14. The van der Waals surface area contributed by atoms with Gasteiger partial charge in [-0.25, -0.2) is 0 Å². The van der Waals surface area contributed by atoms with Crippen LogP contribution in [0.3, 0.4) is 0 Å². The van der Waals surface area contributed by atoms with Gasteiger partial charge in [0.2, 0.25) is 0 Å². The number of hydrazine groups is 2. The van der Waals surface area contributed by atoms with E-state index >= 15 is 0 Å². The van der Waals surface area contributed by atoms with Crippen LogP contribution in [-0.2, 0) is 6.42 Å². The summed E-state index contributed by atoms with van der Waals surface area (Å²) in [5.41, 5.74) is 9.11. The fourth-order valence-electron chi connectivity index (χ4n) is 2.16. The Morgan fingerprint density at radius 1 is 1.17 bits per heavy atom.